The van der Waals surface area contributed by atoms with Crippen LogP contribution in [0.3, 0.4) is 0 Å². The van der Waals surface area contributed by atoms with E-state index in [9.17, 15) is 4.79 Å². The fourth-order valence-electron chi connectivity index (χ4n) is 3.39. The summed E-state index contributed by atoms with van der Waals surface area (Å²) < 4.78 is 0. The lowest BCUT2D eigenvalue weighted by molar-refractivity contribution is 0.0913. The second-order valence-corrected chi connectivity index (χ2v) is 5.95. The van der Waals surface area contributed by atoms with Gasteiger partial charge in [-0.3, -0.25) is 4.90 Å². The van der Waals surface area contributed by atoms with Gasteiger partial charge in [0.05, 0.1) is 5.69 Å². The molecular weight excluding hydrogens is 256 g/mol. The molecule has 108 valence electrons. The first kappa shape index (κ1) is 13.3. The van der Waals surface area contributed by atoms with Gasteiger partial charge in [0, 0.05) is 32.4 Å². The predicted octanol–water partition coefficient (Wildman–Crippen LogP) is 1.44. The zero-order valence-electron chi connectivity index (χ0n) is 11.5. The summed E-state index contributed by atoms with van der Waals surface area (Å²) in [5.41, 5.74) is 1.32. The monoisotopic (exact) mass is 276 g/mol. The fourth-order valence-corrected chi connectivity index (χ4v) is 3.39. The van der Waals surface area contributed by atoms with Gasteiger partial charge < -0.3 is 10.0 Å². The molecule has 0 atom stereocenters. The summed E-state index contributed by atoms with van der Waals surface area (Å²) >= 11 is 0. The molecule has 0 unspecified atom stereocenters. The zero-order valence-corrected chi connectivity index (χ0v) is 11.5. The molecule has 6 heteroatoms. The van der Waals surface area contributed by atoms with E-state index < -0.39 is 6.09 Å². The molecule has 20 heavy (non-hydrogen) atoms. The molecule has 2 aliphatic heterocycles. The van der Waals surface area contributed by atoms with Crippen LogP contribution in [0.1, 0.15) is 25.0 Å². The Bertz CT molecular complexity index is 471. The van der Waals surface area contributed by atoms with Crippen LogP contribution in [-0.2, 0) is 6.54 Å². The maximum Gasteiger partial charge on any atom is 0.407 e. The van der Waals surface area contributed by atoms with Crippen molar-refractivity contribution in [3.8, 4) is 0 Å². The predicted molar refractivity (Wildman–Crippen MR) is 73.2 cm³/mol. The van der Waals surface area contributed by atoms with Crippen LogP contribution < -0.4 is 0 Å². The van der Waals surface area contributed by atoms with Gasteiger partial charge in [0.25, 0.3) is 0 Å². The van der Waals surface area contributed by atoms with E-state index in [1.165, 1.54) is 11.3 Å². The van der Waals surface area contributed by atoms with Gasteiger partial charge in [-0.1, -0.05) is 0 Å². The average Bonchev–Trinajstić information content (AvgIpc) is 2.83. The van der Waals surface area contributed by atoms with Crippen molar-refractivity contribution in [2.75, 3.05) is 26.2 Å². The summed E-state index contributed by atoms with van der Waals surface area (Å²) in [4.78, 5) is 14.9. The van der Waals surface area contributed by atoms with Gasteiger partial charge in [-0.05, 0) is 43.4 Å². The molecular formula is C14H20N4O2. The highest BCUT2D eigenvalue weighted by atomic mass is 16.4. The number of aromatic nitrogens is 2. The Morgan fingerprint density at radius 2 is 2.05 bits per heavy atom. The van der Waals surface area contributed by atoms with Crippen molar-refractivity contribution in [3.63, 3.8) is 0 Å². The number of nitrogens with zero attached hydrogens (tertiary/aromatic N) is 4. The van der Waals surface area contributed by atoms with Gasteiger partial charge in [-0.2, -0.15) is 10.2 Å². The molecule has 0 bridgehead atoms. The third-order valence-electron chi connectivity index (χ3n) is 4.63. The van der Waals surface area contributed by atoms with Crippen molar-refractivity contribution < 1.29 is 9.90 Å². The number of piperidine rings is 1. The Balaban J connectivity index is 1.56. The first-order valence-electron chi connectivity index (χ1n) is 7.14. The molecule has 1 aromatic heterocycles. The minimum atomic E-state index is -0.783. The summed E-state index contributed by atoms with van der Waals surface area (Å²) in [6.45, 7) is 4.32. The van der Waals surface area contributed by atoms with E-state index in [-0.39, 0.29) is 0 Å². The SMILES string of the molecule is O=C(O)N1CCC2(CCN(Cc3cccnn3)C2)CC1. The maximum atomic E-state index is 11.0. The highest BCUT2D eigenvalue weighted by molar-refractivity contribution is 5.65. The van der Waals surface area contributed by atoms with E-state index in [2.05, 4.69) is 15.1 Å². The van der Waals surface area contributed by atoms with Crippen LogP contribution in [-0.4, -0.2) is 57.4 Å². The average molecular weight is 276 g/mol. The lowest BCUT2D eigenvalue weighted by Gasteiger charge is -2.38. The molecule has 2 fully saturated rings. The molecule has 1 aromatic rings. The van der Waals surface area contributed by atoms with Gasteiger partial charge in [-0.15, -0.1) is 0 Å². The number of likely N-dealkylation sites (tertiary alicyclic amines) is 2. The Hall–Kier alpha value is -1.69. The second-order valence-electron chi connectivity index (χ2n) is 5.95. The van der Waals surface area contributed by atoms with E-state index in [0.29, 0.717) is 18.5 Å². The largest absolute Gasteiger partial charge is 0.465 e. The van der Waals surface area contributed by atoms with Crippen LogP contribution in [0, 0.1) is 5.41 Å². The summed E-state index contributed by atoms with van der Waals surface area (Å²) in [5.74, 6) is 0. The standard InChI is InChI=1S/C14H20N4O2/c19-13(20)18-8-4-14(5-9-18)3-7-17(11-14)10-12-2-1-6-15-16-12/h1-2,6H,3-5,7-11H2,(H,19,20). The van der Waals surface area contributed by atoms with Crippen molar-refractivity contribution in [1.29, 1.82) is 0 Å². The van der Waals surface area contributed by atoms with Crippen molar-refractivity contribution in [2.45, 2.75) is 25.8 Å². The number of rotatable bonds is 2. The Kier molecular flexibility index (Phi) is 3.56. The molecule has 6 nitrogen and oxygen atoms in total. The molecule has 0 aliphatic carbocycles. The third-order valence-corrected chi connectivity index (χ3v) is 4.63. The fraction of sp³-hybridized carbons (Fsp3) is 0.643. The molecule has 1 amide bonds. The number of hydrogen-bond donors (Lipinski definition) is 1. The number of amides is 1. The maximum absolute atomic E-state index is 11.0. The van der Waals surface area contributed by atoms with Gasteiger partial charge in [0.2, 0.25) is 0 Å². The summed E-state index contributed by atoms with van der Waals surface area (Å²) in [6.07, 6.45) is 4.04. The van der Waals surface area contributed by atoms with Crippen LogP contribution in [0.5, 0.6) is 0 Å². The molecule has 2 aliphatic rings. The van der Waals surface area contributed by atoms with E-state index in [1.807, 2.05) is 12.1 Å². The minimum absolute atomic E-state index is 0.314. The quantitative estimate of drug-likeness (QED) is 0.885. The number of hydrogen-bond acceptors (Lipinski definition) is 4. The molecule has 1 spiro atoms. The van der Waals surface area contributed by atoms with Crippen molar-refractivity contribution in [2.24, 2.45) is 5.41 Å². The Morgan fingerprint density at radius 3 is 2.70 bits per heavy atom. The van der Waals surface area contributed by atoms with Crippen LogP contribution in [0.4, 0.5) is 4.79 Å². The van der Waals surface area contributed by atoms with Crippen LogP contribution >= 0.6 is 0 Å². The molecule has 3 heterocycles. The van der Waals surface area contributed by atoms with E-state index in [1.54, 1.807) is 6.20 Å². The highest BCUT2D eigenvalue weighted by Crippen LogP contribution is 2.40. The molecule has 0 saturated carbocycles. The highest BCUT2D eigenvalue weighted by Gasteiger charge is 2.41. The van der Waals surface area contributed by atoms with Crippen molar-refractivity contribution >= 4 is 6.09 Å². The van der Waals surface area contributed by atoms with Crippen LogP contribution in [0.25, 0.3) is 0 Å². The first-order chi connectivity index (χ1) is 9.67. The Morgan fingerprint density at radius 1 is 1.30 bits per heavy atom. The molecule has 3 rings (SSSR count). The summed E-state index contributed by atoms with van der Waals surface area (Å²) in [5, 5.41) is 17.1. The lowest BCUT2D eigenvalue weighted by atomic mass is 9.78. The number of carbonyl (C=O) groups is 1. The topological polar surface area (TPSA) is 69.6 Å². The smallest absolute Gasteiger partial charge is 0.407 e. The zero-order chi connectivity index (χ0) is 14.0. The Labute approximate surface area is 118 Å². The molecule has 1 N–H and O–H groups in total. The minimum Gasteiger partial charge on any atom is -0.465 e. The van der Waals surface area contributed by atoms with Gasteiger partial charge in [0.15, 0.2) is 0 Å². The van der Waals surface area contributed by atoms with Crippen molar-refractivity contribution in [3.05, 3.63) is 24.0 Å². The van der Waals surface area contributed by atoms with E-state index in [0.717, 1.165) is 38.2 Å². The molecule has 2 saturated heterocycles. The van der Waals surface area contributed by atoms with Gasteiger partial charge in [-0.25, -0.2) is 4.79 Å². The molecule has 0 radical (unpaired) electrons. The van der Waals surface area contributed by atoms with Crippen LogP contribution in [0.15, 0.2) is 18.3 Å². The van der Waals surface area contributed by atoms with Gasteiger partial charge in [0.1, 0.15) is 0 Å². The number of carboxylic acid groups (broad SMARTS) is 1. The van der Waals surface area contributed by atoms with Crippen LogP contribution in [0.2, 0.25) is 0 Å². The normalized spacial score (nSPS) is 22.3. The van der Waals surface area contributed by atoms with E-state index >= 15 is 0 Å². The lowest BCUT2D eigenvalue weighted by Crippen LogP contribution is -2.43. The summed E-state index contributed by atoms with van der Waals surface area (Å²) in [6, 6.07) is 3.92. The van der Waals surface area contributed by atoms with E-state index in [4.69, 9.17) is 5.11 Å². The third kappa shape index (κ3) is 2.75. The summed E-state index contributed by atoms with van der Waals surface area (Å²) in [7, 11) is 0. The van der Waals surface area contributed by atoms with Gasteiger partial charge >= 0.3 is 6.09 Å². The molecule has 0 aromatic carbocycles. The second kappa shape index (κ2) is 5.36. The van der Waals surface area contributed by atoms with Crippen molar-refractivity contribution in [1.82, 2.24) is 20.0 Å². The first-order valence-corrected chi connectivity index (χ1v) is 7.14.